The van der Waals surface area contributed by atoms with E-state index in [1.165, 1.54) is 0 Å². The summed E-state index contributed by atoms with van der Waals surface area (Å²) in [7, 11) is 0. The monoisotopic (exact) mass is 746 g/mol. The number of rotatable bonds is 5. The molecule has 0 aliphatic rings. The quantitative estimate of drug-likeness (QED) is 0.168. The summed E-state index contributed by atoms with van der Waals surface area (Å²) < 4.78 is 12.4. The first-order valence-corrected chi connectivity index (χ1v) is 18.7. The Kier molecular flexibility index (Phi) is 6.99. The van der Waals surface area contributed by atoms with Crippen LogP contribution in [0.25, 0.3) is 123 Å². The number of para-hydroxylation sites is 2. The van der Waals surface area contributed by atoms with Crippen LogP contribution < -0.4 is 0 Å². The minimum Gasteiger partial charge on any atom is -0.456 e. The van der Waals surface area contributed by atoms with Gasteiger partial charge in [0.1, 0.15) is 16.7 Å². The van der Waals surface area contributed by atoms with Crippen LogP contribution in [0.15, 0.2) is 167 Å². The first-order chi connectivity index (χ1) is 28.7. The van der Waals surface area contributed by atoms with Gasteiger partial charge in [0.2, 0.25) is 5.89 Å². The van der Waals surface area contributed by atoms with Gasteiger partial charge >= 0.3 is 0 Å². The normalized spacial score (nSPS) is 11.8. The molecule has 0 spiro atoms. The summed E-state index contributed by atoms with van der Waals surface area (Å²) in [5.74, 6) is 2.04. The summed E-state index contributed by atoms with van der Waals surface area (Å²) >= 11 is 0. The molecule has 270 valence electrons. The molecule has 0 saturated carbocycles. The van der Waals surface area contributed by atoms with Crippen LogP contribution in [0.4, 0.5) is 0 Å². The lowest BCUT2D eigenvalue weighted by Crippen LogP contribution is -2.02. The van der Waals surface area contributed by atoms with E-state index in [1.807, 2.05) is 72.8 Å². The van der Waals surface area contributed by atoms with Gasteiger partial charge in [-0.2, -0.15) is 0 Å². The Bertz CT molecular complexity index is 3490. The van der Waals surface area contributed by atoms with Crippen LogP contribution in [-0.4, -0.2) is 39.9 Å². The van der Waals surface area contributed by atoms with Crippen LogP contribution in [0.1, 0.15) is 0 Å². The average Bonchev–Trinajstić information content (AvgIpc) is 3.90. The van der Waals surface area contributed by atoms with Gasteiger partial charge in [-0.05, 0) is 88.6 Å². The van der Waals surface area contributed by atoms with E-state index < -0.39 is 0 Å². The molecule has 0 atom stereocenters. The Morgan fingerprint density at radius 3 is 1.78 bits per heavy atom. The van der Waals surface area contributed by atoms with E-state index >= 15 is 0 Å². The number of furan rings is 1. The molecule has 0 aliphatic carbocycles. The molecule has 12 rings (SSSR count). The highest BCUT2D eigenvalue weighted by molar-refractivity contribution is 6.16. The summed E-state index contributed by atoms with van der Waals surface area (Å²) in [6.07, 6.45) is 6.87. The van der Waals surface area contributed by atoms with Crippen molar-refractivity contribution in [2.24, 2.45) is 0 Å². The van der Waals surface area contributed by atoms with Crippen molar-refractivity contribution < 1.29 is 8.83 Å². The molecule has 12 aromatic rings. The Labute approximate surface area is 328 Å². The van der Waals surface area contributed by atoms with Crippen molar-refractivity contribution >= 4 is 65.9 Å². The van der Waals surface area contributed by atoms with E-state index in [4.69, 9.17) is 28.8 Å². The van der Waals surface area contributed by atoms with Gasteiger partial charge < -0.3 is 8.83 Å². The molecule has 10 nitrogen and oxygen atoms in total. The summed E-state index contributed by atoms with van der Waals surface area (Å²) in [5, 5.41) is 4.03. The second-order valence-corrected chi connectivity index (χ2v) is 14.0. The number of fused-ring (bicyclic) bond motifs is 8. The van der Waals surface area contributed by atoms with Crippen LogP contribution >= 0.6 is 0 Å². The summed E-state index contributed by atoms with van der Waals surface area (Å²) in [6.45, 7) is 0. The maximum atomic E-state index is 6.30. The number of pyridine rings is 2. The van der Waals surface area contributed by atoms with Crippen molar-refractivity contribution in [3.8, 4) is 56.7 Å². The molecular formula is C48H26N8O2. The van der Waals surface area contributed by atoms with Crippen molar-refractivity contribution in [2.75, 3.05) is 0 Å². The fourth-order valence-electron chi connectivity index (χ4n) is 7.93. The maximum Gasteiger partial charge on any atom is 0.227 e. The number of aromatic nitrogens is 8. The van der Waals surface area contributed by atoms with Gasteiger partial charge in [0.25, 0.3) is 0 Å². The van der Waals surface area contributed by atoms with Crippen LogP contribution in [0.2, 0.25) is 0 Å². The van der Waals surface area contributed by atoms with E-state index in [0.29, 0.717) is 40.0 Å². The third-order valence-electron chi connectivity index (χ3n) is 10.6. The molecule has 0 N–H and O–H groups in total. The third kappa shape index (κ3) is 5.05. The van der Waals surface area contributed by atoms with Crippen LogP contribution in [-0.2, 0) is 0 Å². The van der Waals surface area contributed by atoms with E-state index in [0.717, 1.165) is 82.6 Å². The van der Waals surface area contributed by atoms with E-state index in [2.05, 4.69) is 80.6 Å². The zero-order valence-corrected chi connectivity index (χ0v) is 30.4. The molecule has 0 bridgehead atoms. The maximum absolute atomic E-state index is 6.30. The van der Waals surface area contributed by atoms with Gasteiger partial charge in [0, 0.05) is 52.4 Å². The van der Waals surface area contributed by atoms with E-state index in [-0.39, 0.29) is 0 Å². The molecule has 0 radical (unpaired) electrons. The summed E-state index contributed by atoms with van der Waals surface area (Å²) in [6, 6.07) is 44.3. The van der Waals surface area contributed by atoms with Crippen LogP contribution in [0, 0.1) is 0 Å². The lowest BCUT2D eigenvalue weighted by Gasteiger charge is -2.14. The fourth-order valence-corrected chi connectivity index (χ4v) is 7.93. The van der Waals surface area contributed by atoms with Gasteiger partial charge in [0.05, 0.1) is 27.5 Å². The average molecular weight is 747 g/mol. The number of oxazole rings is 1. The van der Waals surface area contributed by atoms with Crippen LogP contribution in [0.3, 0.4) is 0 Å². The predicted molar refractivity (Wildman–Crippen MR) is 226 cm³/mol. The third-order valence-corrected chi connectivity index (χ3v) is 10.6. The van der Waals surface area contributed by atoms with E-state index in [1.54, 1.807) is 24.8 Å². The van der Waals surface area contributed by atoms with Crippen molar-refractivity contribution in [2.45, 2.75) is 0 Å². The van der Waals surface area contributed by atoms with Crippen LogP contribution in [0.5, 0.6) is 0 Å². The fraction of sp³-hybridized carbons (Fsp3) is 0. The van der Waals surface area contributed by atoms with E-state index in [9.17, 15) is 0 Å². The highest BCUT2D eigenvalue weighted by atomic mass is 16.4. The molecule has 0 aliphatic heterocycles. The SMILES string of the molecule is c1cc(-c2nc(-c3ccc(-c4ccc(-c5nc6c(ccc7oc8ccccc8c76)o5)cc4)c4ccccc34)nc(-c3ccnc4cccnc34)n2)c2nccnc2c1. The van der Waals surface area contributed by atoms with Crippen molar-refractivity contribution in [1.82, 2.24) is 39.9 Å². The molecule has 6 heterocycles. The molecule has 0 saturated heterocycles. The molecule has 6 aromatic heterocycles. The number of benzene rings is 6. The first-order valence-electron chi connectivity index (χ1n) is 18.7. The smallest absolute Gasteiger partial charge is 0.227 e. The lowest BCUT2D eigenvalue weighted by molar-refractivity contribution is 0.619. The number of nitrogens with zero attached hydrogens (tertiary/aromatic N) is 8. The first kappa shape index (κ1) is 32.0. The molecule has 58 heavy (non-hydrogen) atoms. The van der Waals surface area contributed by atoms with Crippen molar-refractivity contribution in [3.05, 3.63) is 158 Å². The predicted octanol–water partition coefficient (Wildman–Crippen LogP) is 11.3. The largest absolute Gasteiger partial charge is 0.456 e. The lowest BCUT2D eigenvalue weighted by atomic mass is 9.94. The summed E-state index contributed by atoms with van der Waals surface area (Å²) in [5.41, 5.74) is 11.4. The Hall–Kier alpha value is -8.24. The Balaban J connectivity index is 0.984. The molecular weight excluding hydrogens is 721 g/mol. The minimum absolute atomic E-state index is 0.483. The second-order valence-electron chi connectivity index (χ2n) is 14.0. The molecule has 6 aromatic carbocycles. The molecule has 10 heteroatoms. The molecule has 0 fully saturated rings. The summed E-state index contributed by atoms with van der Waals surface area (Å²) in [4.78, 5) is 38.7. The van der Waals surface area contributed by atoms with Gasteiger partial charge in [-0.25, -0.2) is 19.9 Å². The Morgan fingerprint density at radius 1 is 0.328 bits per heavy atom. The highest BCUT2D eigenvalue weighted by Gasteiger charge is 2.20. The minimum atomic E-state index is 0.483. The Morgan fingerprint density at radius 2 is 0.948 bits per heavy atom. The molecule has 0 amide bonds. The zero-order chi connectivity index (χ0) is 38.2. The number of hydrogen-bond donors (Lipinski definition) is 0. The highest BCUT2D eigenvalue weighted by Crippen LogP contribution is 2.39. The van der Waals surface area contributed by atoms with Gasteiger partial charge in [0.15, 0.2) is 23.1 Å². The standard InChI is InChI=1S/C48H26N8O2/c1-2-8-31-30(7-1)29(27-14-16-28(17-15-27)48-53-44-40(58-48)21-20-39-41(44)33-9-3-4-13-38(33)57-39)18-19-32(31)45-54-46(34-10-5-11-36-42(34)52-26-25-50-36)56-47(55-45)35-22-24-49-37-12-6-23-51-43(35)37/h1-26H. The van der Waals surface area contributed by atoms with Crippen molar-refractivity contribution in [1.29, 1.82) is 0 Å². The second kappa shape index (κ2) is 12.7. The van der Waals surface area contributed by atoms with Gasteiger partial charge in [-0.15, -0.1) is 0 Å². The topological polar surface area (TPSA) is 129 Å². The van der Waals surface area contributed by atoms with Gasteiger partial charge in [-0.1, -0.05) is 66.7 Å². The number of hydrogen-bond acceptors (Lipinski definition) is 10. The van der Waals surface area contributed by atoms with Gasteiger partial charge in [-0.3, -0.25) is 19.9 Å². The zero-order valence-electron chi connectivity index (χ0n) is 30.4. The molecule has 0 unspecified atom stereocenters. The van der Waals surface area contributed by atoms with Crippen molar-refractivity contribution in [3.63, 3.8) is 0 Å².